The van der Waals surface area contributed by atoms with E-state index in [2.05, 4.69) is 10.4 Å². The first kappa shape index (κ1) is 20.0. The smallest absolute Gasteiger partial charge is 0.289 e. The summed E-state index contributed by atoms with van der Waals surface area (Å²) < 4.78 is 13.0. The van der Waals surface area contributed by atoms with Crippen LogP contribution in [-0.2, 0) is 11.3 Å². The molecule has 0 radical (unpaired) electrons. The predicted molar refractivity (Wildman–Crippen MR) is 113 cm³/mol. The van der Waals surface area contributed by atoms with Crippen LogP contribution < -0.4 is 10.1 Å². The van der Waals surface area contributed by atoms with Crippen molar-refractivity contribution in [3.8, 4) is 5.75 Å². The number of fused-ring (bicyclic) bond motifs is 1. The Morgan fingerprint density at radius 1 is 1.30 bits per heavy atom. The largest absolute Gasteiger partial charge is 0.493 e. The summed E-state index contributed by atoms with van der Waals surface area (Å²) in [5.74, 6) is 0.646. The molecule has 3 aromatic rings. The Kier molecular flexibility index (Phi) is 5.48. The van der Waals surface area contributed by atoms with Crippen molar-refractivity contribution in [1.82, 2.24) is 14.7 Å². The van der Waals surface area contributed by atoms with Crippen LogP contribution in [0.2, 0.25) is 0 Å². The van der Waals surface area contributed by atoms with Crippen LogP contribution in [0.5, 0.6) is 5.75 Å². The molecule has 1 fully saturated rings. The quantitative estimate of drug-likeness (QED) is 0.696. The van der Waals surface area contributed by atoms with Gasteiger partial charge in [0.2, 0.25) is 5.91 Å². The van der Waals surface area contributed by atoms with E-state index in [9.17, 15) is 9.59 Å². The SMILES string of the molecule is CCn1cc(NC(=O)C2CCN(C(=O)c3oc4c(OC)cccc4c3C)CC2)cn1. The normalized spacial score (nSPS) is 14.8. The lowest BCUT2D eigenvalue weighted by Crippen LogP contribution is -2.41. The van der Waals surface area contributed by atoms with E-state index < -0.39 is 0 Å². The number of anilines is 1. The molecule has 0 bridgehead atoms. The van der Waals surface area contributed by atoms with Gasteiger partial charge in [-0.25, -0.2) is 0 Å². The molecule has 1 aromatic carbocycles. The van der Waals surface area contributed by atoms with Crippen molar-refractivity contribution < 1.29 is 18.7 Å². The first-order valence-corrected chi connectivity index (χ1v) is 10.2. The number of carbonyl (C=O) groups excluding carboxylic acids is 2. The summed E-state index contributed by atoms with van der Waals surface area (Å²) in [5, 5.41) is 7.97. The molecule has 0 saturated carbocycles. The molecule has 1 aliphatic rings. The second-order valence-electron chi connectivity index (χ2n) is 7.53. The molecule has 1 N–H and O–H groups in total. The number of nitrogens with zero attached hydrogens (tertiary/aromatic N) is 3. The number of carbonyl (C=O) groups is 2. The standard InChI is InChI=1S/C22H26N4O4/c1-4-26-13-16(12-23-26)24-21(27)15-8-10-25(11-9-15)22(28)19-14(2)17-6-5-7-18(29-3)20(17)30-19/h5-7,12-13,15H,4,8-11H2,1-3H3,(H,24,27). The van der Waals surface area contributed by atoms with Crippen molar-refractivity contribution in [1.29, 1.82) is 0 Å². The molecule has 4 rings (SSSR count). The van der Waals surface area contributed by atoms with Gasteiger partial charge in [0.1, 0.15) is 0 Å². The van der Waals surface area contributed by atoms with Gasteiger partial charge in [-0.05, 0) is 32.8 Å². The lowest BCUT2D eigenvalue weighted by Gasteiger charge is -2.30. The monoisotopic (exact) mass is 410 g/mol. The summed E-state index contributed by atoms with van der Waals surface area (Å²) in [4.78, 5) is 27.4. The van der Waals surface area contributed by atoms with Crippen molar-refractivity contribution in [2.75, 3.05) is 25.5 Å². The van der Waals surface area contributed by atoms with Crippen LogP contribution in [0, 0.1) is 12.8 Å². The molecular formula is C22H26N4O4. The maximum Gasteiger partial charge on any atom is 0.289 e. The average molecular weight is 410 g/mol. The first-order valence-electron chi connectivity index (χ1n) is 10.2. The summed E-state index contributed by atoms with van der Waals surface area (Å²) in [7, 11) is 1.58. The van der Waals surface area contributed by atoms with Crippen molar-refractivity contribution >= 4 is 28.5 Å². The molecule has 158 valence electrons. The molecule has 30 heavy (non-hydrogen) atoms. The molecule has 8 heteroatoms. The van der Waals surface area contributed by atoms with Crippen molar-refractivity contribution in [3.63, 3.8) is 0 Å². The van der Waals surface area contributed by atoms with E-state index in [1.54, 1.807) is 22.9 Å². The summed E-state index contributed by atoms with van der Waals surface area (Å²) in [6.07, 6.45) is 4.69. The van der Waals surface area contributed by atoms with Gasteiger partial charge in [-0.3, -0.25) is 14.3 Å². The number of methoxy groups -OCH3 is 1. The van der Waals surface area contributed by atoms with Crippen LogP contribution in [0.15, 0.2) is 35.0 Å². The number of hydrogen-bond donors (Lipinski definition) is 1. The van der Waals surface area contributed by atoms with E-state index >= 15 is 0 Å². The van der Waals surface area contributed by atoms with Crippen LogP contribution in [0.25, 0.3) is 11.0 Å². The van der Waals surface area contributed by atoms with Crippen LogP contribution >= 0.6 is 0 Å². The molecule has 0 aliphatic carbocycles. The highest BCUT2D eigenvalue weighted by atomic mass is 16.5. The number of ether oxygens (including phenoxy) is 1. The van der Waals surface area contributed by atoms with E-state index in [0.717, 1.165) is 17.5 Å². The Bertz CT molecular complexity index is 1080. The topological polar surface area (TPSA) is 89.6 Å². The summed E-state index contributed by atoms with van der Waals surface area (Å²) in [5.41, 5.74) is 2.09. The van der Waals surface area contributed by atoms with Gasteiger partial charge in [0.05, 0.1) is 19.0 Å². The minimum absolute atomic E-state index is 0.0255. The number of piperidine rings is 1. The average Bonchev–Trinajstić information content (AvgIpc) is 3.37. The molecule has 2 aromatic heterocycles. The zero-order valence-electron chi connectivity index (χ0n) is 17.5. The van der Waals surface area contributed by atoms with Crippen molar-refractivity contribution in [2.45, 2.75) is 33.2 Å². The number of amides is 2. The van der Waals surface area contributed by atoms with Gasteiger partial charge in [0.25, 0.3) is 5.91 Å². The van der Waals surface area contributed by atoms with Gasteiger partial charge in [-0.15, -0.1) is 0 Å². The number of benzene rings is 1. The maximum atomic E-state index is 13.1. The fourth-order valence-electron chi connectivity index (χ4n) is 3.92. The Morgan fingerprint density at radius 2 is 2.07 bits per heavy atom. The number of rotatable bonds is 5. The Balaban J connectivity index is 1.41. The first-order chi connectivity index (χ1) is 14.5. The van der Waals surface area contributed by atoms with E-state index in [1.807, 2.05) is 38.2 Å². The Labute approximate surface area is 174 Å². The molecule has 1 aliphatic heterocycles. The molecule has 8 nitrogen and oxygen atoms in total. The second-order valence-corrected chi connectivity index (χ2v) is 7.53. The van der Waals surface area contributed by atoms with Gasteiger partial charge in [-0.1, -0.05) is 12.1 Å². The molecule has 0 atom stereocenters. The molecule has 0 spiro atoms. The predicted octanol–water partition coefficient (Wildman–Crippen LogP) is 3.46. The van der Waals surface area contributed by atoms with E-state index in [4.69, 9.17) is 9.15 Å². The molecule has 3 heterocycles. The van der Waals surface area contributed by atoms with Crippen LogP contribution in [0.4, 0.5) is 5.69 Å². The highest BCUT2D eigenvalue weighted by Gasteiger charge is 2.30. The van der Waals surface area contributed by atoms with E-state index in [0.29, 0.717) is 48.7 Å². The number of likely N-dealkylation sites (tertiary alicyclic amines) is 1. The fraction of sp³-hybridized carbons (Fsp3) is 0.409. The minimum Gasteiger partial charge on any atom is -0.493 e. The third-order valence-electron chi connectivity index (χ3n) is 5.72. The summed E-state index contributed by atoms with van der Waals surface area (Å²) in [6.45, 7) is 5.65. The number of hydrogen-bond acceptors (Lipinski definition) is 5. The fourth-order valence-corrected chi connectivity index (χ4v) is 3.92. The number of para-hydroxylation sites is 1. The second kappa shape index (κ2) is 8.22. The molecule has 1 saturated heterocycles. The third-order valence-corrected chi connectivity index (χ3v) is 5.72. The van der Waals surface area contributed by atoms with Crippen LogP contribution in [0.3, 0.4) is 0 Å². The molecular weight excluding hydrogens is 384 g/mol. The minimum atomic E-state index is -0.145. The van der Waals surface area contributed by atoms with Crippen LogP contribution in [0.1, 0.15) is 35.9 Å². The highest BCUT2D eigenvalue weighted by molar-refractivity contribution is 6.00. The zero-order chi connectivity index (χ0) is 21.3. The lowest BCUT2D eigenvalue weighted by molar-refractivity contribution is -0.121. The maximum absolute atomic E-state index is 13.1. The molecule has 0 unspecified atom stereocenters. The zero-order valence-corrected chi connectivity index (χ0v) is 17.5. The summed E-state index contributed by atoms with van der Waals surface area (Å²) >= 11 is 0. The van der Waals surface area contributed by atoms with E-state index in [1.165, 1.54) is 0 Å². The number of aryl methyl sites for hydroxylation is 2. The van der Waals surface area contributed by atoms with Gasteiger partial charge in [0.15, 0.2) is 17.1 Å². The van der Waals surface area contributed by atoms with Crippen molar-refractivity contribution in [2.24, 2.45) is 5.92 Å². The number of nitrogens with one attached hydrogen (secondary N) is 1. The molecule has 2 amide bonds. The van der Waals surface area contributed by atoms with Gasteiger partial charge >= 0.3 is 0 Å². The Morgan fingerprint density at radius 3 is 2.73 bits per heavy atom. The van der Waals surface area contributed by atoms with Gasteiger partial charge in [0, 0.05) is 42.7 Å². The van der Waals surface area contributed by atoms with E-state index in [-0.39, 0.29) is 17.7 Å². The lowest BCUT2D eigenvalue weighted by atomic mass is 9.95. The van der Waals surface area contributed by atoms with Gasteiger partial charge in [-0.2, -0.15) is 5.10 Å². The summed E-state index contributed by atoms with van der Waals surface area (Å²) in [6, 6.07) is 5.62. The highest BCUT2D eigenvalue weighted by Crippen LogP contribution is 2.33. The van der Waals surface area contributed by atoms with Gasteiger partial charge < -0.3 is 19.4 Å². The van der Waals surface area contributed by atoms with Crippen molar-refractivity contribution in [3.05, 3.63) is 41.9 Å². The number of furan rings is 1. The third kappa shape index (κ3) is 3.65. The number of aromatic nitrogens is 2. The Hall–Kier alpha value is -3.29. The van der Waals surface area contributed by atoms with Crippen LogP contribution in [-0.4, -0.2) is 46.7 Å².